The summed E-state index contributed by atoms with van der Waals surface area (Å²) in [5.74, 6) is -0.0547. The number of rotatable bonds is 1. The van der Waals surface area contributed by atoms with Crippen LogP contribution in [-0.2, 0) is 0 Å². The molecule has 0 radical (unpaired) electrons. The van der Waals surface area contributed by atoms with E-state index in [1.807, 2.05) is 12.1 Å². The number of hydrogen-bond donors (Lipinski definition) is 0. The highest BCUT2D eigenvalue weighted by atomic mass is 16.1. The van der Waals surface area contributed by atoms with Crippen molar-refractivity contribution in [2.24, 2.45) is 4.99 Å². The van der Waals surface area contributed by atoms with Crippen molar-refractivity contribution in [2.75, 3.05) is 0 Å². The Morgan fingerprint density at radius 2 is 1.89 bits per heavy atom. The van der Waals surface area contributed by atoms with Crippen LogP contribution in [0.25, 0.3) is 11.3 Å². The summed E-state index contributed by atoms with van der Waals surface area (Å²) in [7, 11) is 0. The Hall–Kier alpha value is -2.87. The minimum atomic E-state index is -0.208. The molecule has 0 saturated carbocycles. The molecule has 0 unspecified atom stereocenters. The first-order chi connectivity index (χ1) is 8.76. The fourth-order valence-electron chi connectivity index (χ4n) is 1.97. The zero-order chi connectivity index (χ0) is 12.7. The molecule has 0 fully saturated rings. The van der Waals surface area contributed by atoms with Crippen molar-refractivity contribution >= 4 is 18.3 Å². The van der Waals surface area contributed by atoms with Crippen molar-refractivity contribution in [1.82, 2.24) is 9.97 Å². The van der Waals surface area contributed by atoms with Gasteiger partial charge in [-0.25, -0.2) is 15.0 Å². The van der Waals surface area contributed by atoms with E-state index in [-0.39, 0.29) is 23.0 Å². The lowest BCUT2D eigenvalue weighted by Gasteiger charge is -2.00. The normalized spacial score (nSPS) is 11.6. The average Bonchev–Trinajstić information content (AvgIpc) is 2.71. The number of fused-ring (bicyclic) bond motifs is 3. The van der Waals surface area contributed by atoms with Crippen LogP contribution in [0.2, 0.25) is 0 Å². The van der Waals surface area contributed by atoms with Gasteiger partial charge in [-0.15, -0.1) is 0 Å². The fraction of sp³-hybridized carbons (Fsp3) is 0. The maximum absolute atomic E-state index is 12.1. The predicted molar refractivity (Wildman–Crippen MR) is 64.8 cm³/mol. The number of nitrogens with zero attached hydrogens (tertiary/aromatic N) is 4. The summed E-state index contributed by atoms with van der Waals surface area (Å²) in [6.45, 7) is 3.35. The van der Waals surface area contributed by atoms with Gasteiger partial charge in [0.1, 0.15) is 17.5 Å². The lowest BCUT2D eigenvalue weighted by molar-refractivity contribution is 0.103. The van der Waals surface area contributed by atoms with Crippen molar-refractivity contribution in [3.8, 4) is 17.3 Å². The molecule has 3 rings (SSSR count). The molecule has 84 valence electrons. The molecule has 0 atom stereocenters. The molecule has 1 aliphatic carbocycles. The molecule has 1 aromatic carbocycles. The van der Waals surface area contributed by atoms with E-state index in [9.17, 15) is 4.79 Å². The van der Waals surface area contributed by atoms with Crippen LogP contribution >= 0.6 is 0 Å². The number of carbonyl (C=O) groups is 1. The van der Waals surface area contributed by atoms with Gasteiger partial charge in [0.15, 0.2) is 11.5 Å². The molecule has 0 N–H and O–H groups in total. The van der Waals surface area contributed by atoms with Crippen molar-refractivity contribution in [1.29, 1.82) is 5.26 Å². The summed E-state index contributed by atoms with van der Waals surface area (Å²) in [5, 5.41) is 8.93. The molecule has 0 spiro atoms. The summed E-state index contributed by atoms with van der Waals surface area (Å²) in [6.07, 6.45) is 0. The molecule has 18 heavy (non-hydrogen) atoms. The molecule has 5 nitrogen and oxygen atoms in total. The first-order valence-corrected chi connectivity index (χ1v) is 5.19. The zero-order valence-corrected chi connectivity index (χ0v) is 9.21. The molecule has 1 aromatic heterocycles. The maximum atomic E-state index is 12.1. The molecule has 0 aliphatic heterocycles. The SMILES string of the molecule is C=Nc1nc2c(nc1C#N)C(=O)c1ccccc1-2. The quantitative estimate of drug-likeness (QED) is 0.602. The minimum absolute atomic E-state index is 0.0184. The van der Waals surface area contributed by atoms with E-state index in [0.717, 1.165) is 5.56 Å². The van der Waals surface area contributed by atoms with Gasteiger partial charge in [-0.1, -0.05) is 24.3 Å². The van der Waals surface area contributed by atoms with Crippen LogP contribution in [0.1, 0.15) is 21.7 Å². The second-order valence-corrected chi connectivity index (χ2v) is 3.74. The Labute approximate surface area is 102 Å². The number of aliphatic imine (C=N–C) groups is 1. The van der Waals surface area contributed by atoms with E-state index in [4.69, 9.17) is 5.26 Å². The van der Waals surface area contributed by atoms with E-state index >= 15 is 0 Å². The van der Waals surface area contributed by atoms with Crippen LogP contribution in [0.3, 0.4) is 0 Å². The maximum Gasteiger partial charge on any atom is 0.214 e. The largest absolute Gasteiger partial charge is 0.287 e. The second-order valence-electron chi connectivity index (χ2n) is 3.74. The van der Waals surface area contributed by atoms with Gasteiger partial charge < -0.3 is 0 Å². The fourth-order valence-corrected chi connectivity index (χ4v) is 1.97. The minimum Gasteiger partial charge on any atom is -0.287 e. The summed E-state index contributed by atoms with van der Waals surface area (Å²) in [6, 6.07) is 8.98. The molecule has 1 aliphatic rings. The van der Waals surface area contributed by atoms with Crippen LogP contribution in [0.4, 0.5) is 5.82 Å². The van der Waals surface area contributed by atoms with Gasteiger partial charge in [0.05, 0.1) is 0 Å². The monoisotopic (exact) mass is 234 g/mol. The second kappa shape index (κ2) is 3.57. The van der Waals surface area contributed by atoms with Gasteiger partial charge in [0.2, 0.25) is 5.78 Å². The van der Waals surface area contributed by atoms with Crippen molar-refractivity contribution in [2.45, 2.75) is 0 Å². The highest BCUT2D eigenvalue weighted by Gasteiger charge is 2.30. The van der Waals surface area contributed by atoms with E-state index in [1.165, 1.54) is 0 Å². The molecule has 5 heteroatoms. The number of nitriles is 1. The smallest absolute Gasteiger partial charge is 0.214 e. The van der Waals surface area contributed by atoms with E-state index < -0.39 is 0 Å². The number of aromatic nitrogens is 2. The molecular formula is C13H6N4O. The molecular weight excluding hydrogens is 228 g/mol. The Morgan fingerprint density at radius 3 is 2.56 bits per heavy atom. The lowest BCUT2D eigenvalue weighted by Crippen LogP contribution is -2.01. The lowest BCUT2D eigenvalue weighted by atomic mass is 10.1. The van der Waals surface area contributed by atoms with Crippen molar-refractivity contribution in [3.05, 3.63) is 41.2 Å². The van der Waals surface area contributed by atoms with Gasteiger partial charge in [-0.3, -0.25) is 4.79 Å². The number of carbonyl (C=O) groups excluding carboxylic acids is 1. The van der Waals surface area contributed by atoms with Crippen LogP contribution in [0, 0.1) is 11.3 Å². The molecule has 0 saturated heterocycles. The first-order valence-electron chi connectivity index (χ1n) is 5.19. The standard InChI is InChI=1S/C13H6N4O/c1-15-13-9(6-14)16-11-10(17-13)7-4-2-3-5-8(7)12(11)18/h2-5H,1H2. The van der Waals surface area contributed by atoms with Gasteiger partial charge in [0.25, 0.3) is 0 Å². The Balaban J connectivity index is 2.37. The summed E-state index contributed by atoms with van der Waals surface area (Å²) >= 11 is 0. The van der Waals surface area contributed by atoms with Crippen LogP contribution in [-0.4, -0.2) is 22.5 Å². The summed E-state index contributed by atoms with van der Waals surface area (Å²) in [5.41, 5.74) is 1.97. The van der Waals surface area contributed by atoms with Crippen LogP contribution < -0.4 is 0 Å². The van der Waals surface area contributed by atoms with E-state index in [1.54, 1.807) is 18.2 Å². The third-order valence-electron chi connectivity index (χ3n) is 2.77. The van der Waals surface area contributed by atoms with E-state index in [2.05, 4.69) is 21.7 Å². The average molecular weight is 234 g/mol. The van der Waals surface area contributed by atoms with E-state index in [0.29, 0.717) is 11.3 Å². The molecule has 1 heterocycles. The van der Waals surface area contributed by atoms with Gasteiger partial charge in [-0.2, -0.15) is 5.26 Å². The predicted octanol–water partition coefficient (Wildman–Crippen LogP) is 1.89. The molecule has 2 aromatic rings. The topological polar surface area (TPSA) is 79.0 Å². The van der Waals surface area contributed by atoms with Crippen LogP contribution in [0.15, 0.2) is 29.3 Å². The highest BCUT2D eigenvalue weighted by Crippen LogP contribution is 2.35. The number of hydrogen-bond acceptors (Lipinski definition) is 5. The number of benzene rings is 1. The van der Waals surface area contributed by atoms with Crippen molar-refractivity contribution in [3.63, 3.8) is 0 Å². The van der Waals surface area contributed by atoms with Crippen molar-refractivity contribution < 1.29 is 4.79 Å². The summed E-state index contributed by atoms with van der Waals surface area (Å²) < 4.78 is 0. The molecule has 0 bridgehead atoms. The Kier molecular flexibility index (Phi) is 2.04. The molecule has 0 amide bonds. The third kappa shape index (κ3) is 1.20. The highest BCUT2D eigenvalue weighted by molar-refractivity contribution is 6.19. The van der Waals surface area contributed by atoms with Gasteiger partial charge >= 0.3 is 0 Å². The van der Waals surface area contributed by atoms with Gasteiger partial charge in [0, 0.05) is 11.1 Å². The third-order valence-corrected chi connectivity index (χ3v) is 2.77. The number of ketones is 1. The van der Waals surface area contributed by atoms with Gasteiger partial charge in [-0.05, 0) is 6.72 Å². The zero-order valence-electron chi connectivity index (χ0n) is 9.21. The Bertz CT molecular complexity index is 743. The summed E-state index contributed by atoms with van der Waals surface area (Å²) in [4.78, 5) is 24.0. The first kappa shape index (κ1) is 10.3. The van der Waals surface area contributed by atoms with Crippen LogP contribution in [0.5, 0.6) is 0 Å². The Morgan fingerprint density at radius 1 is 1.17 bits per heavy atom.